The van der Waals surface area contributed by atoms with E-state index in [9.17, 15) is 9.59 Å². The fraction of sp³-hybridized carbons (Fsp3) is 0.353. The lowest BCUT2D eigenvalue weighted by atomic mass is 10.1. The van der Waals surface area contributed by atoms with Crippen LogP contribution < -0.4 is 4.90 Å². The van der Waals surface area contributed by atoms with Crippen LogP contribution >= 0.6 is 24.0 Å². The van der Waals surface area contributed by atoms with E-state index in [1.165, 1.54) is 16.7 Å². The first kappa shape index (κ1) is 17.9. The van der Waals surface area contributed by atoms with Crippen LogP contribution in [0, 0.1) is 0 Å². The van der Waals surface area contributed by atoms with Gasteiger partial charge in [0.1, 0.15) is 4.32 Å². The number of carboxylic acid groups (broad SMARTS) is 1. The molecule has 132 valence electrons. The first-order valence-corrected chi connectivity index (χ1v) is 9.17. The van der Waals surface area contributed by atoms with Gasteiger partial charge in [0, 0.05) is 25.3 Å². The Hall–Kier alpha value is -1.90. The maximum atomic E-state index is 12.4. The Bertz CT molecular complexity index is 712. The lowest BCUT2D eigenvalue weighted by molar-refractivity contribution is -0.137. The predicted octanol–water partition coefficient (Wildman–Crippen LogP) is 2.20. The molecule has 3 rings (SSSR count). The number of benzene rings is 1. The summed E-state index contributed by atoms with van der Waals surface area (Å²) in [7, 11) is 0. The minimum atomic E-state index is -0.947. The number of morpholine rings is 1. The van der Waals surface area contributed by atoms with Crippen LogP contribution in [0.1, 0.15) is 12.0 Å². The summed E-state index contributed by atoms with van der Waals surface area (Å²) >= 11 is 6.39. The van der Waals surface area contributed by atoms with Crippen molar-refractivity contribution < 1.29 is 19.4 Å². The van der Waals surface area contributed by atoms with Gasteiger partial charge in [0.05, 0.1) is 24.5 Å². The maximum absolute atomic E-state index is 12.4. The van der Waals surface area contributed by atoms with Crippen molar-refractivity contribution in [2.45, 2.75) is 6.42 Å². The van der Waals surface area contributed by atoms with Gasteiger partial charge in [-0.2, -0.15) is 0 Å². The van der Waals surface area contributed by atoms with Crippen LogP contribution in [0.15, 0.2) is 29.2 Å². The molecule has 0 aromatic heterocycles. The number of carbonyl (C=O) groups is 2. The lowest BCUT2D eigenvalue weighted by Gasteiger charge is -2.28. The molecular formula is C17H18N2O4S2. The fourth-order valence-corrected chi connectivity index (χ4v) is 3.96. The number of hydrogen-bond donors (Lipinski definition) is 1. The van der Waals surface area contributed by atoms with Crippen LogP contribution in [0.3, 0.4) is 0 Å². The molecule has 0 radical (unpaired) electrons. The monoisotopic (exact) mass is 378 g/mol. The summed E-state index contributed by atoms with van der Waals surface area (Å²) in [4.78, 5) is 27.2. The molecule has 2 saturated heterocycles. The third-order valence-corrected chi connectivity index (χ3v) is 5.37. The summed E-state index contributed by atoms with van der Waals surface area (Å²) in [6, 6.07) is 7.99. The summed E-state index contributed by atoms with van der Waals surface area (Å²) in [5.74, 6) is -1.18. The fourth-order valence-electron chi connectivity index (χ4n) is 2.65. The van der Waals surface area contributed by atoms with E-state index in [-0.39, 0.29) is 18.9 Å². The smallest absolute Gasteiger partial charge is 0.305 e. The molecule has 2 fully saturated rings. The number of nitrogens with zero attached hydrogens (tertiary/aromatic N) is 2. The Morgan fingerprint density at radius 3 is 2.60 bits per heavy atom. The van der Waals surface area contributed by atoms with Gasteiger partial charge in [-0.1, -0.05) is 36.1 Å². The largest absolute Gasteiger partial charge is 0.481 e. The number of aliphatic carboxylic acids is 1. The molecule has 0 atom stereocenters. The summed E-state index contributed by atoms with van der Waals surface area (Å²) in [5.41, 5.74) is 2.05. The van der Waals surface area contributed by atoms with E-state index in [2.05, 4.69) is 4.90 Å². The van der Waals surface area contributed by atoms with Gasteiger partial charge in [-0.25, -0.2) is 0 Å². The van der Waals surface area contributed by atoms with E-state index in [1.54, 1.807) is 6.08 Å². The second-order valence-corrected chi connectivity index (χ2v) is 7.34. The van der Waals surface area contributed by atoms with E-state index in [0.29, 0.717) is 9.23 Å². The number of amides is 1. The van der Waals surface area contributed by atoms with E-state index in [1.807, 2.05) is 24.3 Å². The molecule has 1 amide bonds. The van der Waals surface area contributed by atoms with Crippen molar-refractivity contribution in [3.05, 3.63) is 34.7 Å². The molecule has 2 aliphatic rings. The van der Waals surface area contributed by atoms with Crippen molar-refractivity contribution in [1.29, 1.82) is 0 Å². The van der Waals surface area contributed by atoms with E-state index in [4.69, 9.17) is 22.1 Å². The standard InChI is InChI=1S/C17H18N2O4S2/c20-15(21)5-6-19-16(22)14(25-17(19)24)11-12-1-3-13(4-2-12)18-7-9-23-10-8-18/h1-4,11H,5-10H2,(H,20,21). The average Bonchev–Trinajstić information content (AvgIpc) is 2.88. The Morgan fingerprint density at radius 2 is 1.96 bits per heavy atom. The van der Waals surface area contributed by atoms with Gasteiger partial charge in [0.15, 0.2) is 0 Å². The Kier molecular flexibility index (Phi) is 5.72. The molecular weight excluding hydrogens is 360 g/mol. The quantitative estimate of drug-likeness (QED) is 0.622. The van der Waals surface area contributed by atoms with Crippen LogP contribution in [0.2, 0.25) is 0 Å². The van der Waals surface area contributed by atoms with Crippen molar-refractivity contribution in [2.75, 3.05) is 37.7 Å². The zero-order chi connectivity index (χ0) is 17.8. The van der Waals surface area contributed by atoms with Crippen LogP contribution in [0.4, 0.5) is 5.69 Å². The minimum Gasteiger partial charge on any atom is -0.481 e. The van der Waals surface area contributed by atoms with Crippen molar-refractivity contribution in [2.24, 2.45) is 0 Å². The number of carboxylic acids is 1. The van der Waals surface area contributed by atoms with Gasteiger partial charge in [-0.15, -0.1) is 0 Å². The van der Waals surface area contributed by atoms with Crippen molar-refractivity contribution in [1.82, 2.24) is 4.90 Å². The molecule has 0 aliphatic carbocycles. The molecule has 25 heavy (non-hydrogen) atoms. The number of thiocarbonyl (C=S) groups is 1. The van der Waals surface area contributed by atoms with E-state index >= 15 is 0 Å². The molecule has 0 spiro atoms. The van der Waals surface area contributed by atoms with Gasteiger partial charge in [0.25, 0.3) is 5.91 Å². The topological polar surface area (TPSA) is 70.1 Å². The molecule has 8 heteroatoms. The number of carbonyl (C=O) groups excluding carboxylic acids is 1. The van der Waals surface area contributed by atoms with Gasteiger partial charge < -0.3 is 14.7 Å². The highest BCUT2D eigenvalue weighted by molar-refractivity contribution is 8.26. The van der Waals surface area contributed by atoms with Crippen LogP contribution in [0.25, 0.3) is 6.08 Å². The summed E-state index contributed by atoms with van der Waals surface area (Å²) in [5, 5.41) is 8.77. The number of thioether (sulfide) groups is 1. The maximum Gasteiger partial charge on any atom is 0.305 e. The molecule has 0 saturated carbocycles. The highest BCUT2D eigenvalue weighted by atomic mass is 32.2. The van der Waals surface area contributed by atoms with Crippen LogP contribution in [0.5, 0.6) is 0 Å². The third-order valence-electron chi connectivity index (χ3n) is 3.99. The third kappa shape index (κ3) is 4.39. The molecule has 2 aliphatic heterocycles. The van der Waals surface area contributed by atoms with Gasteiger partial charge in [-0.05, 0) is 23.8 Å². The molecule has 1 aromatic carbocycles. The molecule has 6 nitrogen and oxygen atoms in total. The Balaban J connectivity index is 1.69. The first-order chi connectivity index (χ1) is 12.0. The van der Waals surface area contributed by atoms with Gasteiger partial charge >= 0.3 is 5.97 Å². The van der Waals surface area contributed by atoms with Crippen molar-refractivity contribution in [3.63, 3.8) is 0 Å². The number of anilines is 1. The second kappa shape index (κ2) is 7.99. The van der Waals surface area contributed by atoms with Gasteiger partial charge in [-0.3, -0.25) is 14.5 Å². The molecule has 0 bridgehead atoms. The van der Waals surface area contributed by atoms with Gasteiger partial charge in [0.2, 0.25) is 0 Å². The average molecular weight is 378 g/mol. The lowest BCUT2D eigenvalue weighted by Crippen LogP contribution is -2.36. The van der Waals surface area contributed by atoms with E-state index in [0.717, 1.165) is 37.6 Å². The highest BCUT2D eigenvalue weighted by Crippen LogP contribution is 2.32. The van der Waals surface area contributed by atoms with Crippen molar-refractivity contribution in [3.8, 4) is 0 Å². The number of hydrogen-bond acceptors (Lipinski definition) is 6. The van der Waals surface area contributed by atoms with E-state index < -0.39 is 5.97 Å². The Morgan fingerprint density at radius 1 is 1.28 bits per heavy atom. The summed E-state index contributed by atoms with van der Waals surface area (Å²) < 4.78 is 5.76. The number of rotatable bonds is 5. The summed E-state index contributed by atoms with van der Waals surface area (Å²) in [6.07, 6.45) is 1.68. The first-order valence-electron chi connectivity index (χ1n) is 7.94. The van der Waals surface area contributed by atoms with Crippen LogP contribution in [-0.2, 0) is 14.3 Å². The molecule has 1 aromatic rings. The van der Waals surface area contributed by atoms with Crippen LogP contribution in [-0.4, -0.2) is 59.1 Å². The molecule has 2 heterocycles. The SMILES string of the molecule is O=C(O)CCN1C(=O)C(=Cc2ccc(N3CCOCC3)cc2)SC1=S. The second-order valence-electron chi connectivity index (χ2n) is 5.67. The predicted molar refractivity (Wildman–Crippen MR) is 102 cm³/mol. The zero-order valence-electron chi connectivity index (χ0n) is 13.5. The molecule has 1 N–H and O–H groups in total. The minimum absolute atomic E-state index is 0.104. The normalized spacial score (nSPS) is 19.8. The number of ether oxygens (including phenoxy) is 1. The zero-order valence-corrected chi connectivity index (χ0v) is 15.1. The van der Waals surface area contributed by atoms with Crippen molar-refractivity contribution >= 4 is 51.9 Å². The highest BCUT2D eigenvalue weighted by Gasteiger charge is 2.32. The molecule has 0 unspecified atom stereocenters. The Labute approximate surface area is 155 Å². The summed E-state index contributed by atoms with van der Waals surface area (Å²) in [6.45, 7) is 3.33.